The number of aliphatic hydroxyl groups is 2. The maximum Gasteiger partial charge on any atom is 0.374 e. The summed E-state index contributed by atoms with van der Waals surface area (Å²) in [6, 6.07) is 1.69. The second kappa shape index (κ2) is 7.85. The Morgan fingerprint density at radius 2 is 2.14 bits per heavy atom. The van der Waals surface area contributed by atoms with Crippen molar-refractivity contribution >= 4 is 11.5 Å². The van der Waals surface area contributed by atoms with Crippen LogP contribution in [0.3, 0.4) is 0 Å². The number of benzene rings is 1. The van der Waals surface area contributed by atoms with E-state index in [2.05, 4.69) is 6.58 Å². The smallest absolute Gasteiger partial charge is 0.374 e. The lowest BCUT2D eigenvalue weighted by Crippen LogP contribution is -2.39. The quantitative estimate of drug-likeness (QED) is 0.545. The summed E-state index contributed by atoms with van der Waals surface area (Å²) in [5.41, 5.74) is 0.942. The van der Waals surface area contributed by atoms with Gasteiger partial charge < -0.3 is 29.2 Å². The lowest BCUT2D eigenvalue weighted by Gasteiger charge is -2.24. The maximum atomic E-state index is 12.1. The van der Waals surface area contributed by atoms with Gasteiger partial charge in [0.2, 0.25) is 5.76 Å². The Hall–Kier alpha value is -2.51. The van der Waals surface area contributed by atoms with Crippen LogP contribution in [-0.4, -0.2) is 47.7 Å². The highest BCUT2D eigenvalue weighted by Crippen LogP contribution is 2.49. The second-order valence-electron chi connectivity index (χ2n) is 7.30. The molecule has 0 saturated carbocycles. The zero-order valence-electron chi connectivity index (χ0n) is 16.4. The first kappa shape index (κ1) is 20.2. The van der Waals surface area contributed by atoms with Crippen molar-refractivity contribution in [2.24, 2.45) is 0 Å². The van der Waals surface area contributed by atoms with Crippen LogP contribution in [0.1, 0.15) is 38.3 Å². The Labute approximate surface area is 164 Å². The predicted octanol–water partition coefficient (Wildman–Crippen LogP) is 2.37. The molecule has 28 heavy (non-hydrogen) atoms. The number of hydrogen-bond donors (Lipinski definition) is 2. The predicted molar refractivity (Wildman–Crippen MR) is 102 cm³/mol. The van der Waals surface area contributed by atoms with Gasteiger partial charge in [0.15, 0.2) is 0 Å². The molecule has 3 rings (SSSR count). The van der Waals surface area contributed by atoms with Crippen LogP contribution in [0.5, 0.6) is 17.2 Å². The molecule has 1 aromatic carbocycles. The Balaban J connectivity index is 2.02. The van der Waals surface area contributed by atoms with E-state index in [9.17, 15) is 9.90 Å². The Morgan fingerprint density at radius 3 is 2.79 bits per heavy atom. The van der Waals surface area contributed by atoms with Gasteiger partial charge >= 0.3 is 5.97 Å². The highest BCUT2D eigenvalue weighted by molar-refractivity contribution is 5.95. The molecule has 0 amide bonds. The van der Waals surface area contributed by atoms with Gasteiger partial charge in [-0.2, -0.15) is 0 Å². The van der Waals surface area contributed by atoms with E-state index in [-0.39, 0.29) is 19.0 Å². The van der Waals surface area contributed by atoms with Crippen LogP contribution in [0.2, 0.25) is 0 Å². The Kier molecular flexibility index (Phi) is 5.67. The third-order valence-corrected chi connectivity index (χ3v) is 4.63. The topological polar surface area (TPSA) is 94.5 Å². The lowest BCUT2D eigenvalue weighted by atomic mass is 9.93. The van der Waals surface area contributed by atoms with Crippen molar-refractivity contribution in [1.29, 1.82) is 0 Å². The molecule has 7 nitrogen and oxygen atoms in total. The molecular formula is C21H26O7. The van der Waals surface area contributed by atoms with Crippen LogP contribution in [0, 0.1) is 0 Å². The van der Waals surface area contributed by atoms with Gasteiger partial charge in [-0.05, 0) is 32.4 Å². The number of ether oxygens (including phenoxy) is 4. The average molecular weight is 390 g/mol. The van der Waals surface area contributed by atoms with Crippen molar-refractivity contribution in [3.63, 3.8) is 0 Å². The minimum absolute atomic E-state index is 0.00433. The van der Waals surface area contributed by atoms with Crippen LogP contribution in [0.15, 0.2) is 24.5 Å². The summed E-state index contributed by atoms with van der Waals surface area (Å²) < 4.78 is 22.7. The summed E-state index contributed by atoms with van der Waals surface area (Å²) in [4.78, 5) is 12.1. The van der Waals surface area contributed by atoms with Crippen LogP contribution >= 0.6 is 0 Å². The molecule has 0 unspecified atom stereocenters. The van der Waals surface area contributed by atoms with Crippen molar-refractivity contribution in [2.45, 2.75) is 45.3 Å². The molecule has 1 atom stereocenters. The molecular weight excluding hydrogens is 364 g/mol. The first-order valence-corrected chi connectivity index (χ1v) is 9.34. The van der Waals surface area contributed by atoms with Crippen molar-refractivity contribution in [3.8, 4) is 17.2 Å². The van der Waals surface area contributed by atoms with Crippen molar-refractivity contribution < 1.29 is 34.0 Å². The monoisotopic (exact) mass is 390 g/mol. The summed E-state index contributed by atoms with van der Waals surface area (Å²) in [6.45, 7) is 9.67. The van der Waals surface area contributed by atoms with Crippen molar-refractivity contribution in [1.82, 2.24) is 0 Å². The fourth-order valence-electron chi connectivity index (χ4n) is 3.19. The van der Waals surface area contributed by atoms with Gasteiger partial charge in [0.05, 0.1) is 24.4 Å². The molecule has 0 aromatic heterocycles. The van der Waals surface area contributed by atoms with E-state index in [0.29, 0.717) is 47.8 Å². The number of fused-ring (bicyclic) bond motifs is 2. The van der Waals surface area contributed by atoms with Crippen molar-refractivity contribution in [2.75, 3.05) is 19.8 Å². The molecule has 0 aliphatic carbocycles. The minimum Gasteiger partial charge on any atom is -0.492 e. The van der Waals surface area contributed by atoms with Gasteiger partial charge in [0.25, 0.3) is 0 Å². The van der Waals surface area contributed by atoms with Crippen LogP contribution in [0.25, 0.3) is 5.57 Å². The molecule has 7 heteroatoms. The molecule has 0 radical (unpaired) electrons. The van der Waals surface area contributed by atoms with Crippen molar-refractivity contribution in [3.05, 3.63) is 35.6 Å². The standard InChI is InChI=1S/C21H26O7/c1-5-25-20(23)16-9-12(2)18-15(27-16)11-14-13(19(18)26-8-6-7-22)10-17(28-14)21(3,4)24/h9,11,17,22,24H,2,5-8,10H2,1,3-4H3/t17-/m0/s1. The number of allylic oxidation sites excluding steroid dienone is 2. The number of aliphatic hydroxyl groups excluding tert-OH is 1. The van der Waals surface area contributed by atoms with Gasteiger partial charge in [0.1, 0.15) is 23.4 Å². The molecule has 0 bridgehead atoms. The Bertz CT molecular complexity index is 817. The van der Waals surface area contributed by atoms with Gasteiger partial charge in [0, 0.05) is 31.1 Å². The minimum atomic E-state index is -1.05. The van der Waals surface area contributed by atoms with E-state index in [1.165, 1.54) is 6.08 Å². The maximum absolute atomic E-state index is 12.1. The lowest BCUT2D eigenvalue weighted by molar-refractivity contribution is -0.141. The van der Waals surface area contributed by atoms with Gasteiger partial charge in [-0.3, -0.25) is 0 Å². The van der Waals surface area contributed by atoms with E-state index >= 15 is 0 Å². The van der Waals surface area contributed by atoms with E-state index < -0.39 is 17.7 Å². The van der Waals surface area contributed by atoms with Gasteiger partial charge in [-0.15, -0.1) is 0 Å². The van der Waals surface area contributed by atoms with Gasteiger partial charge in [-0.1, -0.05) is 6.58 Å². The summed E-state index contributed by atoms with van der Waals surface area (Å²) in [6.07, 6.45) is 2.00. The average Bonchev–Trinajstić information content (AvgIpc) is 3.05. The van der Waals surface area contributed by atoms with Crippen LogP contribution in [0.4, 0.5) is 0 Å². The molecule has 152 valence electrons. The highest BCUT2D eigenvalue weighted by Gasteiger charge is 2.39. The first-order valence-electron chi connectivity index (χ1n) is 9.34. The molecule has 1 aromatic rings. The third kappa shape index (κ3) is 3.86. The molecule has 2 heterocycles. The number of carbonyl (C=O) groups is 1. The zero-order chi connectivity index (χ0) is 20.5. The molecule has 0 spiro atoms. The number of esters is 1. The normalized spacial score (nSPS) is 17.8. The fraction of sp³-hybridized carbons (Fsp3) is 0.476. The van der Waals surface area contributed by atoms with E-state index in [4.69, 9.17) is 24.1 Å². The number of carbonyl (C=O) groups excluding carboxylic acids is 1. The number of hydrogen-bond acceptors (Lipinski definition) is 7. The zero-order valence-corrected chi connectivity index (χ0v) is 16.4. The third-order valence-electron chi connectivity index (χ3n) is 4.63. The summed E-state index contributed by atoms with van der Waals surface area (Å²) in [7, 11) is 0. The van der Waals surface area contributed by atoms with E-state index in [0.717, 1.165) is 5.56 Å². The van der Waals surface area contributed by atoms with Gasteiger partial charge in [-0.25, -0.2) is 4.79 Å². The van der Waals surface area contributed by atoms with Crippen LogP contribution < -0.4 is 14.2 Å². The summed E-state index contributed by atoms with van der Waals surface area (Å²) >= 11 is 0. The highest BCUT2D eigenvalue weighted by atomic mass is 16.6. The Morgan fingerprint density at radius 1 is 1.39 bits per heavy atom. The largest absolute Gasteiger partial charge is 0.492 e. The first-order chi connectivity index (χ1) is 13.3. The SMILES string of the molecule is C=C1C=C(C(=O)OCC)Oc2cc3c(c(OCCCO)c21)C[C@@H](C(C)(C)O)O3. The fourth-order valence-corrected chi connectivity index (χ4v) is 3.19. The molecule has 2 aliphatic heterocycles. The number of rotatable bonds is 7. The van der Waals surface area contributed by atoms with E-state index in [1.54, 1.807) is 26.8 Å². The molecule has 2 aliphatic rings. The molecule has 0 saturated heterocycles. The molecule has 2 N–H and O–H groups in total. The summed E-state index contributed by atoms with van der Waals surface area (Å²) in [5, 5.41) is 19.4. The second-order valence-corrected chi connectivity index (χ2v) is 7.30. The van der Waals surface area contributed by atoms with E-state index in [1.807, 2.05) is 0 Å². The summed E-state index contributed by atoms with van der Waals surface area (Å²) in [5.74, 6) is 0.912. The molecule has 0 fully saturated rings. The van der Waals surface area contributed by atoms with Crippen LogP contribution in [-0.2, 0) is 16.0 Å².